The van der Waals surface area contributed by atoms with Crippen LogP contribution in [0.15, 0.2) is 85.2 Å². The van der Waals surface area contributed by atoms with Crippen LogP contribution in [-0.2, 0) is 4.79 Å². The number of nitrogens with zero attached hydrogens (tertiary/aromatic N) is 2. The fourth-order valence-corrected chi connectivity index (χ4v) is 2.98. The fraction of sp³-hybridized carbons (Fsp3) is 0.100. The van der Waals surface area contributed by atoms with Crippen molar-refractivity contribution in [2.24, 2.45) is 0 Å². The molecule has 0 aliphatic carbocycles. The van der Waals surface area contributed by atoms with Gasteiger partial charge in [0.2, 0.25) is 6.10 Å². The van der Waals surface area contributed by atoms with Gasteiger partial charge in [-0.1, -0.05) is 48.5 Å². The molecule has 118 valence electrons. The standard InChI is InChI=1S/C20H16N2O2/c23-20-19(24-17-11-5-2-6-12-17)18(15-8-3-1-4-9-15)22(20)16-10-7-13-21-14-16/h1-14,18-19H. The van der Waals surface area contributed by atoms with Crippen LogP contribution in [0.3, 0.4) is 0 Å². The highest BCUT2D eigenvalue weighted by Gasteiger charge is 2.51. The van der Waals surface area contributed by atoms with Crippen LogP contribution < -0.4 is 9.64 Å². The minimum Gasteiger partial charge on any atom is -0.478 e. The molecule has 2 unspecified atom stereocenters. The van der Waals surface area contributed by atoms with E-state index in [-0.39, 0.29) is 11.9 Å². The van der Waals surface area contributed by atoms with Gasteiger partial charge in [0.25, 0.3) is 5.91 Å². The lowest BCUT2D eigenvalue weighted by molar-refractivity contribution is -0.135. The van der Waals surface area contributed by atoms with Crippen molar-refractivity contribution in [2.75, 3.05) is 4.90 Å². The monoisotopic (exact) mass is 316 g/mol. The lowest BCUT2D eigenvalue weighted by atomic mass is 9.90. The van der Waals surface area contributed by atoms with E-state index in [1.807, 2.05) is 72.8 Å². The summed E-state index contributed by atoms with van der Waals surface area (Å²) in [4.78, 5) is 18.6. The summed E-state index contributed by atoms with van der Waals surface area (Å²) in [7, 11) is 0. The number of rotatable bonds is 4. The number of amides is 1. The molecule has 1 saturated heterocycles. The Morgan fingerprint density at radius 2 is 1.58 bits per heavy atom. The average Bonchev–Trinajstić information content (AvgIpc) is 2.66. The molecule has 24 heavy (non-hydrogen) atoms. The summed E-state index contributed by atoms with van der Waals surface area (Å²) in [6.45, 7) is 0. The number of carbonyl (C=O) groups is 1. The van der Waals surface area contributed by atoms with Gasteiger partial charge < -0.3 is 4.74 Å². The number of carbonyl (C=O) groups excluding carboxylic acids is 1. The van der Waals surface area contributed by atoms with Gasteiger partial charge in [0.15, 0.2) is 0 Å². The summed E-state index contributed by atoms with van der Waals surface area (Å²) in [6.07, 6.45) is 2.87. The van der Waals surface area contributed by atoms with Gasteiger partial charge >= 0.3 is 0 Å². The third-order valence-corrected chi connectivity index (χ3v) is 4.12. The second-order valence-corrected chi connectivity index (χ2v) is 5.63. The molecule has 2 heterocycles. The molecule has 0 radical (unpaired) electrons. The minimum absolute atomic E-state index is 0.0549. The van der Waals surface area contributed by atoms with Gasteiger partial charge in [-0.3, -0.25) is 14.7 Å². The van der Waals surface area contributed by atoms with Gasteiger partial charge in [0.1, 0.15) is 11.8 Å². The van der Waals surface area contributed by atoms with Crippen LogP contribution in [0.5, 0.6) is 5.75 Å². The predicted octanol–water partition coefficient (Wildman–Crippen LogP) is 3.62. The maximum Gasteiger partial charge on any atom is 0.271 e. The zero-order valence-electron chi connectivity index (χ0n) is 12.9. The number of ether oxygens (including phenoxy) is 1. The zero-order chi connectivity index (χ0) is 16.4. The quantitative estimate of drug-likeness (QED) is 0.690. The lowest BCUT2D eigenvalue weighted by Crippen LogP contribution is -2.61. The smallest absolute Gasteiger partial charge is 0.271 e. The number of benzene rings is 2. The molecule has 0 saturated carbocycles. The Bertz CT molecular complexity index is 822. The van der Waals surface area contributed by atoms with E-state index in [0.717, 1.165) is 11.3 Å². The first-order valence-corrected chi connectivity index (χ1v) is 7.84. The first kappa shape index (κ1) is 14.5. The molecule has 4 nitrogen and oxygen atoms in total. The van der Waals surface area contributed by atoms with Crippen molar-refractivity contribution in [3.05, 3.63) is 90.8 Å². The summed E-state index contributed by atoms with van der Waals surface area (Å²) < 4.78 is 5.97. The van der Waals surface area contributed by atoms with E-state index in [4.69, 9.17) is 4.74 Å². The second-order valence-electron chi connectivity index (χ2n) is 5.63. The van der Waals surface area contributed by atoms with Crippen molar-refractivity contribution in [1.82, 2.24) is 4.98 Å². The summed E-state index contributed by atoms with van der Waals surface area (Å²) in [6, 6.07) is 22.9. The SMILES string of the molecule is O=C1C(Oc2ccccc2)C(c2ccccc2)N1c1cccnc1. The normalized spacial score (nSPS) is 19.7. The average molecular weight is 316 g/mol. The summed E-state index contributed by atoms with van der Waals surface area (Å²) >= 11 is 0. The highest BCUT2D eigenvalue weighted by Crippen LogP contribution is 2.40. The van der Waals surface area contributed by atoms with E-state index in [9.17, 15) is 4.79 Å². The van der Waals surface area contributed by atoms with E-state index in [1.54, 1.807) is 17.3 Å². The molecule has 0 bridgehead atoms. The van der Waals surface area contributed by atoms with Crippen molar-refractivity contribution in [3.8, 4) is 5.75 Å². The summed E-state index contributed by atoms with van der Waals surface area (Å²) in [5.41, 5.74) is 1.83. The Morgan fingerprint density at radius 1 is 0.875 bits per heavy atom. The number of β-lactam (4-membered cyclic amide) rings is 1. The van der Waals surface area contributed by atoms with Crippen LogP contribution in [0.2, 0.25) is 0 Å². The molecule has 0 N–H and O–H groups in total. The Labute approximate surface area is 140 Å². The number of hydrogen-bond donors (Lipinski definition) is 0. The Balaban J connectivity index is 1.68. The van der Waals surface area contributed by atoms with Gasteiger partial charge in [0.05, 0.1) is 11.9 Å². The molecular formula is C20H16N2O2. The third-order valence-electron chi connectivity index (χ3n) is 4.12. The summed E-state index contributed by atoms with van der Waals surface area (Å²) in [5.74, 6) is 0.642. The molecule has 3 aromatic rings. The first-order valence-electron chi connectivity index (χ1n) is 7.84. The predicted molar refractivity (Wildman–Crippen MR) is 91.8 cm³/mol. The van der Waals surface area contributed by atoms with Crippen LogP contribution >= 0.6 is 0 Å². The second kappa shape index (κ2) is 6.16. The van der Waals surface area contributed by atoms with E-state index in [0.29, 0.717) is 5.75 Å². The van der Waals surface area contributed by atoms with Crippen molar-refractivity contribution in [2.45, 2.75) is 12.1 Å². The molecule has 1 aliphatic heterocycles. The molecular weight excluding hydrogens is 300 g/mol. The van der Waals surface area contributed by atoms with Crippen molar-refractivity contribution >= 4 is 11.6 Å². The van der Waals surface area contributed by atoms with Gasteiger partial charge in [-0.15, -0.1) is 0 Å². The number of para-hydroxylation sites is 1. The number of pyridine rings is 1. The van der Waals surface area contributed by atoms with E-state index in [2.05, 4.69) is 4.98 Å². The molecule has 1 aromatic heterocycles. The van der Waals surface area contributed by atoms with Crippen LogP contribution in [0.4, 0.5) is 5.69 Å². The topological polar surface area (TPSA) is 42.4 Å². The van der Waals surface area contributed by atoms with Crippen LogP contribution in [0.1, 0.15) is 11.6 Å². The van der Waals surface area contributed by atoms with E-state index >= 15 is 0 Å². The molecule has 2 atom stereocenters. The molecule has 0 spiro atoms. The van der Waals surface area contributed by atoms with Crippen molar-refractivity contribution in [3.63, 3.8) is 0 Å². The number of aromatic nitrogens is 1. The first-order chi connectivity index (χ1) is 11.8. The molecule has 4 heteroatoms. The van der Waals surface area contributed by atoms with Gasteiger partial charge in [-0.2, -0.15) is 0 Å². The maximum absolute atomic E-state index is 12.7. The van der Waals surface area contributed by atoms with Crippen molar-refractivity contribution < 1.29 is 9.53 Å². The Kier molecular flexibility index (Phi) is 3.71. The Morgan fingerprint density at radius 3 is 2.25 bits per heavy atom. The largest absolute Gasteiger partial charge is 0.478 e. The maximum atomic E-state index is 12.7. The number of hydrogen-bond acceptors (Lipinski definition) is 3. The molecule has 1 aliphatic rings. The van der Waals surface area contributed by atoms with Crippen LogP contribution in [0, 0.1) is 0 Å². The van der Waals surface area contributed by atoms with Crippen molar-refractivity contribution in [1.29, 1.82) is 0 Å². The van der Waals surface area contributed by atoms with E-state index in [1.165, 1.54) is 0 Å². The van der Waals surface area contributed by atoms with Gasteiger partial charge in [0, 0.05) is 6.20 Å². The fourth-order valence-electron chi connectivity index (χ4n) is 2.98. The molecule has 4 rings (SSSR count). The summed E-state index contributed by atoms with van der Waals surface area (Å²) in [5, 5.41) is 0. The minimum atomic E-state index is -0.532. The Hall–Kier alpha value is -3.14. The van der Waals surface area contributed by atoms with Crippen LogP contribution in [0.25, 0.3) is 0 Å². The third kappa shape index (κ3) is 2.52. The molecule has 1 fully saturated rings. The highest BCUT2D eigenvalue weighted by atomic mass is 16.5. The van der Waals surface area contributed by atoms with Gasteiger partial charge in [-0.25, -0.2) is 0 Å². The number of anilines is 1. The highest BCUT2D eigenvalue weighted by molar-refractivity contribution is 6.05. The van der Waals surface area contributed by atoms with Crippen LogP contribution in [-0.4, -0.2) is 17.0 Å². The lowest BCUT2D eigenvalue weighted by Gasteiger charge is -2.46. The van der Waals surface area contributed by atoms with E-state index < -0.39 is 6.10 Å². The molecule has 1 amide bonds. The molecule has 2 aromatic carbocycles. The zero-order valence-corrected chi connectivity index (χ0v) is 12.9. The van der Waals surface area contributed by atoms with Gasteiger partial charge in [-0.05, 0) is 29.8 Å².